The van der Waals surface area contributed by atoms with Crippen LogP contribution in [0.3, 0.4) is 0 Å². The fourth-order valence-electron chi connectivity index (χ4n) is 1.29. The lowest BCUT2D eigenvalue weighted by Gasteiger charge is -1.98. The third kappa shape index (κ3) is 4.50. The molecule has 0 radical (unpaired) electrons. The van der Waals surface area contributed by atoms with Crippen LogP contribution in [0.15, 0.2) is 8.68 Å². The molecular weight excluding hydrogens is 308 g/mol. The first kappa shape index (κ1) is 16.5. The van der Waals surface area contributed by atoms with Gasteiger partial charge in [0.25, 0.3) is 0 Å². The highest BCUT2D eigenvalue weighted by molar-refractivity contribution is 7.95. The van der Waals surface area contributed by atoms with Gasteiger partial charge in [-0.2, -0.15) is 0 Å². The smallest absolute Gasteiger partial charge is 0.221 e. The van der Waals surface area contributed by atoms with E-state index < -0.39 is 19.7 Å². The van der Waals surface area contributed by atoms with Gasteiger partial charge >= 0.3 is 0 Å². The summed E-state index contributed by atoms with van der Waals surface area (Å²) in [6, 6.07) is 0. The van der Waals surface area contributed by atoms with Gasteiger partial charge in [0.05, 0.1) is 11.5 Å². The van der Waals surface area contributed by atoms with Crippen LogP contribution in [-0.4, -0.2) is 38.5 Å². The minimum absolute atomic E-state index is 0.0207. The van der Waals surface area contributed by atoms with Gasteiger partial charge in [-0.1, -0.05) is 38.0 Å². The Kier molecular flexibility index (Phi) is 5.87. The summed E-state index contributed by atoms with van der Waals surface area (Å²) in [4.78, 5) is 0. The van der Waals surface area contributed by atoms with E-state index in [1.807, 2.05) is 13.8 Å². The van der Waals surface area contributed by atoms with Gasteiger partial charge in [-0.05, 0) is 12.8 Å². The molecule has 1 rings (SSSR count). The number of unbranched alkanes of at least 4 members (excludes halogenated alkanes) is 2. The summed E-state index contributed by atoms with van der Waals surface area (Å²) in [5.41, 5.74) is 0. The largest absolute Gasteiger partial charge is 0.233 e. The predicted molar refractivity (Wildman–Crippen MR) is 73.8 cm³/mol. The molecule has 1 aromatic rings. The molecule has 0 saturated carbocycles. The molecule has 9 heteroatoms. The lowest BCUT2D eigenvalue weighted by Crippen LogP contribution is -2.06. The molecule has 1 aromatic heterocycles. The zero-order chi connectivity index (χ0) is 14.5. The van der Waals surface area contributed by atoms with Crippen LogP contribution < -0.4 is 0 Å². The Morgan fingerprint density at radius 2 is 1.21 bits per heavy atom. The molecule has 1 heterocycles. The molecule has 0 fully saturated rings. The van der Waals surface area contributed by atoms with Crippen LogP contribution in [0.2, 0.25) is 0 Å². The zero-order valence-corrected chi connectivity index (χ0v) is 13.4. The SMILES string of the molecule is CCCCS(=O)(=O)c1nnc(S(=O)(=O)CCCC)s1. The van der Waals surface area contributed by atoms with Gasteiger partial charge in [0.15, 0.2) is 0 Å². The Balaban J connectivity index is 2.94. The molecule has 110 valence electrons. The van der Waals surface area contributed by atoms with E-state index >= 15 is 0 Å². The van der Waals surface area contributed by atoms with Crippen LogP contribution >= 0.6 is 11.3 Å². The summed E-state index contributed by atoms with van der Waals surface area (Å²) in [5, 5.41) is 7.03. The molecular formula is C10H18N2O4S3. The van der Waals surface area contributed by atoms with E-state index in [2.05, 4.69) is 10.2 Å². The maximum atomic E-state index is 11.9. The number of rotatable bonds is 8. The highest BCUT2D eigenvalue weighted by atomic mass is 32.3. The van der Waals surface area contributed by atoms with Crippen LogP contribution in [0, 0.1) is 0 Å². The van der Waals surface area contributed by atoms with Crippen molar-refractivity contribution in [2.75, 3.05) is 11.5 Å². The first-order valence-corrected chi connectivity index (χ1v) is 10.2. The molecule has 6 nitrogen and oxygen atoms in total. The Bertz CT molecular complexity index is 552. The van der Waals surface area contributed by atoms with Crippen LogP contribution in [0.1, 0.15) is 39.5 Å². The molecule has 0 aliphatic carbocycles. The van der Waals surface area contributed by atoms with E-state index in [0.29, 0.717) is 24.2 Å². The monoisotopic (exact) mass is 326 g/mol. The normalized spacial score (nSPS) is 12.7. The van der Waals surface area contributed by atoms with Crippen LogP contribution in [0.5, 0.6) is 0 Å². The zero-order valence-electron chi connectivity index (χ0n) is 11.0. The maximum absolute atomic E-state index is 11.9. The maximum Gasteiger partial charge on any atom is 0.233 e. The average Bonchev–Trinajstić information content (AvgIpc) is 2.85. The lowest BCUT2D eigenvalue weighted by molar-refractivity contribution is 0.586. The van der Waals surface area contributed by atoms with Crippen molar-refractivity contribution in [1.29, 1.82) is 0 Å². The highest BCUT2D eigenvalue weighted by Crippen LogP contribution is 2.23. The van der Waals surface area contributed by atoms with Gasteiger partial charge in [-0.15, -0.1) is 10.2 Å². The van der Waals surface area contributed by atoms with Crippen LogP contribution in [0.4, 0.5) is 0 Å². The molecule has 0 aliphatic rings. The second-order valence-electron chi connectivity index (χ2n) is 4.18. The number of hydrogen-bond acceptors (Lipinski definition) is 7. The molecule has 0 aromatic carbocycles. The van der Waals surface area contributed by atoms with Gasteiger partial charge < -0.3 is 0 Å². The Labute approximate surface area is 118 Å². The number of nitrogens with zero attached hydrogens (tertiary/aromatic N) is 2. The third-order valence-electron chi connectivity index (χ3n) is 2.45. The summed E-state index contributed by atoms with van der Waals surface area (Å²) in [6.45, 7) is 3.77. The molecule has 0 bridgehead atoms. The van der Waals surface area contributed by atoms with Crippen LogP contribution in [0.25, 0.3) is 0 Å². The topological polar surface area (TPSA) is 94.1 Å². The predicted octanol–water partition coefficient (Wildman–Crippen LogP) is 1.69. The van der Waals surface area contributed by atoms with Crippen molar-refractivity contribution in [1.82, 2.24) is 10.2 Å². The van der Waals surface area contributed by atoms with Crippen LogP contribution in [-0.2, 0) is 19.7 Å². The summed E-state index contributed by atoms with van der Waals surface area (Å²) in [5.74, 6) is -0.0414. The van der Waals surface area contributed by atoms with Gasteiger partial charge in [0.1, 0.15) is 0 Å². The summed E-state index contributed by atoms with van der Waals surface area (Å²) in [7, 11) is -7.00. The fraction of sp³-hybridized carbons (Fsp3) is 0.800. The summed E-state index contributed by atoms with van der Waals surface area (Å²) in [6.07, 6.45) is 2.55. The molecule has 0 saturated heterocycles. The number of aromatic nitrogens is 2. The van der Waals surface area contributed by atoms with Gasteiger partial charge in [-0.25, -0.2) is 16.8 Å². The van der Waals surface area contributed by atoms with Gasteiger partial charge in [0, 0.05) is 0 Å². The Morgan fingerprint density at radius 1 is 0.842 bits per heavy atom. The third-order valence-corrected chi connectivity index (χ3v) is 7.87. The standard InChI is InChI=1S/C10H18N2O4S3/c1-3-5-7-18(13,14)9-11-12-10(17-9)19(15,16)8-6-4-2/h3-8H2,1-2H3. The summed E-state index contributed by atoms with van der Waals surface area (Å²) >= 11 is 0.649. The molecule has 0 N–H and O–H groups in total. The van der Waals surface area contributed by atoms with E-state index in [4.69, 9.17) is 0 Å². The Hall–Kier alpha value is -0.540. The second kappa shape index (κ2) is 6.76. The fourth-order valence-corrected chi connectivity index (χ4v) is 5.77. The second-order valence-corrected chi connectivity index (χ2v) is 9.72. The molecule has 0 amide bonds. The van der Waals surface area contributed by atoms with E-state index in [1.165, 1.54) is 0 Å². The molecule has 0 atom stereocenters. The van der Waals surface area contributed by atoms with E-state index in [9.17, 15) is 16.8 Å². The highest BCUT2D eigenvalue weighted by Gasteiger charge is 2.25. The van der Waals surface area contributed by atoms with Crippen molar-refractivity contribution < 1.29 is 16.8 Å². The minimum Gasteiger partial charge on any atom is -0.221 e. The number of sulfone groups is 2. The van der Waals surface area contributed by atoms with Crippen molar-refractivity contribution in [2.24, 2.45) is 0 Å². The van der Waals surface area contributed by atoms with Crippen molar-refractivity contribution in [3.63, 3.8) is 0 Å². The van der Waals surface area contributed by atoms with E-state index in [1.54, 1.807) is 0 Å². The van der Waals surface area contributed by atoms with Crippen molar-refractivity contribution in [3.8, 4) is 0 Å². The quantitative estimate of drug-likeness (QED) is 0.721. The minimum atomic E-state index is -3.50. The molecule has 0 unspecified atom stereocenters. The van der Waals surface area contributed by atoms with E-state index in [-0.39, 0.29) is 20.2 Å². The Morgan fingerprint density at radius 3 is 1.53 bits per heavy atom. The lowest BCUT2D eigenvalue weighted by atomic mass is 10.4. The molecule has 0 aliphatic heterocycles. The molecule has 19 heavy (non-hydrogen) atoms. The first-order valence-electron chi connectivity index (χ1n) is 6.12. The van der Waals surface area contributed by atoms with E-state index in [0.717, 1.165) is 12.8 Å². The van der Waals surface area contributed by atoms with Gasteiger partial charge in [0.2, 0.25) is 28.4 Å². The summed E-state index contributed by atoms with van der Waals surface area (Å²) < 4.78 is 47.0. The average molecular weight is 326 g/mol. The first-order chi connectivity index (χ1) is 8.83. The van der Waals surface area contributed by atoms with Crippen molar-refractivity contribution in [2.45, 2.75) is 48.2 Å². The van der Waals surface area contributed by atoms with Crippen molar-refractivity contribution >= 4 is 31.0 Å². The van der Waals surface area contributed by atoms with Crippen molar-refractivity contribution in [3.05, 3.63) is 0 Å². The number of hydrogen-bond donors (Lipinski definition) is 0. The van der Waals surface area contributed by atoms with Gasteiger partial charge in [-0.3, -0.25) is 0 Å². The molecule has 0 spiro atoms.